The van der Waals surface area contributed by atoms with E-state index in [1.54, 1.807) is 0 Å². The summed E-state index contributed by atoms with van der Waals surface area (Å²) < 4.78 is 11.0. The predicted octanol–water partition coefficient (Wildman–Crippen LogP) is 3.73. The van der Waals surface area contributed by atoms with Crippen LogP contribution in [0.4, 0.5) is 0 Å². The lowest BCUT2D eigenvalue weighted by atomic mass is 10.0. The van der Waals surface area contributed by atoms with Crippen LogP contribution in [-0.4, -0.2) is 40.8 Å². The first-order valence-electron chi connectivity index (χ1n) is 9.32. The molecule has 1 saturated heterocycles. The molecule has 5 heteroatoms. The van der Waals surface area contributed by atoms with E-state index in [1.807, 2.05) is 6.92 Å². The van der Waals surface area contributed by atoms with E-state index in [2.05, 4.69) is 53.2 Å². The highest BCUT2D eigenvalue weighted by Gasteiger charge is 2.20. The molecular formula is C20H29N3O2. The molecule has 0 unspecified atom stereocenters. The summed E-state index contributed by atoms with van der Waals surface area (Å²) in [6.45, 7) is 10.2. The molecule has 1 aromatic carbocycles. The topological polar surface area (TPSA) is 51.4 Å². The summed E-state index contributed by atoms with van der Waals surface area (Å²) in [7, 11) is 0. The molecule has 136 valence electrons. The van der Waals surface area contributed by atoms with Gasteiger partial charge in [-0.3, -0.25) is 4.90 Å². The molecule has 1 fully saturated rings. The molecule has 0 radical (unpaired) electrons. The van der Waals surface area contributed by atoms with Crippen molar-refractivity contribution in [1.29, 1.82) is 0 Å². The van der Waals surface area contributed by atoms with E-state index < -0.39 is 0 Å². The zero-order valence-electron chi connectivity index (χ0n) is 15.6. The summed E-state index contributed by atoms with van der Waals surface area (Å²) in [4.78, 5) is 6.72. The second-order valence-corrected chi connectivity index (χ2v) is 7.22. The number of aryl methyl sites for hydroxylation is 1. The Morgan fingerprint density at radius 1 is 1.20 bits per heavy atom. The lowest BCUT2D eigenvalue weighted by Crippen LogP contribution is -2.36. The van der Waals surface area contributed by atoms with Gasteiger partial charge < -0.3 is 9.26 Å². The van der Waals surface area contributed by atoms with E-state index in [9.17, 15) is 0 Å². The first-order chi connectivity index (χ1) is 12.1. The molecule has 0 bridgehead atoms. The number of ether oxygens (including phenoxy) is 1. The van der Waals surface area contributed by atoms with Crippen molar-refractivity contribution >= 4 is 0 Å². The molecule has 0 spiro atoms. The van der Waals surface area contributed by atoms with Gasteiger partial charge in [0, 0.05) is 33.0 Å². The Morgan fingerprint density at radius 3 is 2.52 bits per heavy atom. The lowest BCUT2D eigenvalue weighted by Gasteiger charge is -2.32. The molecule has 3 rings (SSSR count). The van der Waals surface area contributed by atoms with Crippen LogP contribution in [-0.2, 0) is 17.7 Å². The van der Waals surface area contributed by atoms with E-state index in [0.717, 1.165) is 44.7 Å². The Kier molecular flexibility index (Phi) is 6.21. The first kappa shape index (κ1) is 18.1. The van der Waals surface area contributed by atoms with Crippen LogP contribution >= 0.6 is 0 Å². The fourth-order valence-electron chi connectivity index (χ4n) is 3.26. The number of aromatic nitrogens is 2. The highest BCUT2D eigenvalue weighted by Crippen LogP contribution is 2.19. The molecule has 1 aromatic heterocycles. The van der Waals surface area contributed by atoms with Gasteiger partial charge in [0.05, 0.1) is 12.7 Å². The summed E-state index contributed by atoms with van der Waals surface area (Å²) in [5.74, 6) is 1.95. The van der Waals surface area contributed by atoms with Crippen LogP contribution in [0.5, 0.6) is 0 Å². The average Bonchev–Trinajstić information content (AvgIpc) is 3.02. The minimum absolute atomic E-state index is 0.354. The van der Waals surface area contributed by atoms with E-state index >= 15 is 0 Å². The molecule has 0 aliphatic carbocycles. The summed E-state index contributed by atoms with van der Waals surface area (Å²) in [6, 6.07) is 9.06. The maximum absolute atomic E-state index is 5.99. The fraction of sp³-hybridized carbons (Fsp3) is 0.600. The first-order valence-corrected chi connectivity index (χ1v) is 9.32. The van der Waals surface area contributed by atoms with Crippen LogP contribution in [0.25, 0.3) is 0 Å². The molecule has 0 amide bonds. The van der Waals surface area contributed by atoms with Gasteiger partial charge >= 0.3 is 0 Å². The van der Waals surface area contributed by atoms with Crippen LogP contribution in [0.15, 0.2) is 28.8 Å². The van der Waals surface area contributed by atoms with Crippen molar-refractivity contribution in [3.8, 4) is 0 Å². The standard InChI is InChI=1S/C20H29N3O2/c1-15(2)18-6-4-17(5-7-18)14-23-11-8-19(9-12-23)24-13-10-20-21-16(3)25-22-20/h4-7,15,19H,8-14H2,1-3H3. The molecule has 0 atom stereocenters. The molecule has 0 saturated carbocycles. The summed E-state index contributed by atoms with van der Waals surface area (Å²) in [6.07, 6.45) is 3.26. The second kappa shape index (κ2) is 8.59. The van der Waals surface area contributed by atoms with Gasteiger partial charge in [0.25, 0.3) is 0 Å². The number of likely N-dealkylation sites (tertiary alicyclic amines) is 1. The smallest absolute Gasteiger partial charge is 0.223 e. The van der Waals surface area contributed by atoms with Crippen LogP contribution in [0.2, 0.25) is 0 Å². The molecule has 2 heterocycles. The van der Waals surface area contributed by atoms with Crippen LogP contribution in [0, 0.1) is 6.92 Å². The number of hydrogen-bond donors (Lipinski definition) is 0. The van der Waals surface area contributed by atoms with Crippen molar-refractivity contribution in [1.82, 2.24) is 15.0 Å². The summed E-state index contributed by atoms with van der Waals surface area (Å²) in [5.41, 5.74) is 2.81. The van der Waals surface area contributed by atoms with Gasteiger partial charge in [-0.1, -0.05) is 43.3 Å². The molecule has 25 heavy (non-hydrogen) atoms. The Morgan fingerprint density at radius 2 is 1.92 bits per heavy atom. The zero-order valence-corrected chi connectivity index (χ0v) is 15.6. The SMILES string of the molecule is Cc1nc(CCOC2CCN(Cc3ccc(C(C)C)cc3)CC2)no1. The average molecular weight is 343 g/mol. The highest BCUT2D eigenvalue weighted by atomic mass is 16.5. The number of rotatable bonds is 7. The summed E-state index contributed by atoms with van der Waals surface area (Å²) >= 11 is 0. The second-order valence-electron chi connectivity index (χ2n) is 7.22. The lowest BCUT2D eigenvalue weighted by molar-refractivity contribution is 0.00676. The maximum atomic E-state index is 5.99. The van der Waals surface area contributed by atoms with E-state index in [1.165, 1.54) is 11.1 Å². The van der Waals surface area contributed by atoms with Gasteiger partial charge in [-0.2, -0.15) is 4.98 Å². The molecular weight excluding hydrogens is 314 g/mol. The number of nitrogens with zero attached hydrogens (tertiary/aromatic N) is 3. The normalized spacial score (nSPS) is 16.6. The monoisotopic (exact) mass is 343 g/mol. The van der Waals surface area contributed by atoms with Gasteiger partial charge in [0.1, 0.15) is 0 Å². The van der Waals surface area contributed by atoms with Crippen LogP contribution < -0.4 is 0 Å². The summed E-state index contributed by atoms with van der Waals surface area (Å²) in [5, 5.41) is 3.90. The van der Waals surface area contributed by atoms with E-state index in [4.69, 9.17) is 9.26 Å². The largest absolute Gasteiger partial charge is 0.378 e. The third-order valence-electron chi connectivity index (χ3n) is 4.84. The maximum Gasteiger partial charge on any atom is 0.223 e. The minimum atomic E-state index is 0.354. The Hall–Kier alpha value is -1.72. The van der Waals surface area contributed by atoms with E-state index in [-0.39, 0.29) is 0 Å². The van der Waals surface area contributed by atoms with Crippen molar-refractivity contribution in [2.75, 3.05) is 19.7 Å². The van der Waals surface area contributed by atoms with E-state index in [0.29, 0.717) is 24.5 Å². The van der Waals surface area contributed by atoms with Crippen LogP contribution in [0.3, 0.4) is 0 Å². The predicted molar refractivity (Wildman–Crippen MR) is 97.5 cm³/mol. The molecule has 5 nitrogen and oxygen atoms in total. The highest BCUT2D eigenvalue weighted by molar-refractivity contribution is 5.24. The van der Waals surface area contributed by atoms with Gasteiger partial charge in [-0.15, -0.1) is 0 Å². The van der Waals surface area contributed by atoms with Crippen molar-refractivity contribution in [3.63, 3.8) is 0 Å². The zero-order chi connectivity index (χ0) is 17.6. The molecule has 2 aromatic rings. The number of hydrogen-bond acceptors (Lipinski definition) is 5. The third kappa shape index (κ3) is 5.38. The molecule has 0 N–H and O–H groups in total. The number of piperidine rings is 1. The molecule has 1 aliphatic heterocycles. The Bertz CT molecular complexity index is 643. The minimum Gasteiger partial charge on any atom is -0.378 e. The van der Waals surface area contributed by atoms with Gasteiger partial charge in [-0.05, 0) is 29.9 Å². The van der Waals surface area contributed by atoms with Crippen molar-refractivity contribution < 1.29 is 9.26 Å². The number of benzene rings is 1. The van der Waals surface area contributed by atoms with Gasteiger partial charge in [-0.25, -0.2) is 0 Å². The van der Waals surface area contributed by atoms with Crippen molar-refractivity contribution in [2.24, 2.45) is 0 Å². The fourth-order valence-corrected chi connectivity index (χ4v) is 3.26. The van der Waals surface area contributed by atoms with Crippen molar-refractivity contribution in [2.45, 2.75) is 58.6 Å². The Labute approximate surface area is 150 Å². The van der Waals surface area contributed by atoms with Crippen LogP contribution in [0.1, 0.15) is 55.4 Å². The molecule has 1 aliphatic rings. The third-order valence-corrected chi connectivity index (χ3v) is 4.84. The quantitative estimate of drug-likeness (QED) is 0.767. The Balaban J connectivity index is 1.36. The van der Waals surface area contributed by atoms with Gasteiger partial charge in [0.2, 0.25) is 5.89 Å². The van der Waals surface area contributed by atoms with Crippen molar-refractivity contribution in [3.05, 3.63) is 47.1 Å². The van der Waals surface area contributed by atoms with Gasteiger partial charge in [0.15, 0.2) is 5.82 Å².